The van der Waals surface area contributed by atoms with Gasteiger partial charge in [-0.2, -0.15) is 0 Å². The zero-order valence-electron chi connectivity index (χ0n) is 22.4. The number of hydrogen-bond acceptors (Lipinski definition) is 2. The Morgan fingerprint density at radius 3 is 1.50 bits per heavy atom. The first-order valence-corrected chi connectivity index (χ1v) is 14.0. The molecule has 1 saturated carbocycles. The molecule has 34 heavy (non-hydrogen) atoms. The van der Waals surface area contributed by atoms with Gasteiger partial charge in [0.1, 0.15) is 11.5 Å². The lowest BCUT2D eigenvalue weighted by atomic mass is 9.62. The van der Waals surface area contributed by atoms with Gasteiger partial charge >= 0.3 is 0 Å². The number of benzene rings is 2. The van der Waals surface area contributed by atoms with Crippen molar-refractivity contribution in [3.8, 4) is 11.5 Å². The van der Waals surface area contributed by atoms with Crippen LogP contribution in [-0.4, -0.2) is 14.2 Å². The normalized spacial score (nSPS) is 15.3. The van der Waals surface area contributed by atoms with Gasteiger partial charge in [0, 0.05) is 5.41 Å². The molecule has 2 heteroatoms. The molecule has 0 bridgehead atoms. The Kier molecular flexibility index (Phi) is 10.8. The van der Waals surface area contributed by atoms with E-state index in [0.717, 1.165) is 24.3 Å². The quantitative estimate of drug-likeness (QED) is 0.259. The van der Waals surface area contributed by atoms with E-state index in [9.17, 15) is 0 Å². The van der Waals surface area contributed by atoms with Crippen LogP contribution in [0, 0.1) is 0 Å². The van der Waals surface area contributed by atoms with Crippen molar-refractivity contribution in [1.82, 2.24) is 0 Å². The molecule has 0 spiro atoms. The standard InChI is InChI=1S/C32H48O2/c1-5-7-9-12-16-26-24-28(33-3)18-20-30(26)32(22-14-11-15-23-32)31-21-19-29(34-4)25-27(31)17-13-10-8-6-2/h18-21,24-25H,5-17,22-23H2,1-4H3. The Balaban J connectivity index is 2.05. The molecule has 0 saturated heterocycles. The molecule has 3 rings (SSSR count). The molecule has 0 amide bonds. The van der Waals surface area contributed by atoms with Crippen LogP contribution in [0.4, 0.5) is 0 Å². The summed E-state index contributed by atoms with van der Waals surface area (Å²) in [5, 5.41) is 0. The van der Waals surface area contributed by atoms with Gasteiger partial charge in [0.25, 0.3) is 0 Å². The molecular formula is C32H48O2. The molecule has 0 radical (unpaired) electrons. The molecule has 2 nitrogen and oxygen atoms in total. The Labute approximate surface area is 209 Å². The maximum absolute atomic E-state index is 5.68. The van der Waals surface area contributed by atoms with Gasteiger partial charge in [0.15, 0.2) is 0 Å². The summed E-state index contributed by atoms with van der Waals surface area (Å²) < 4.78 is 11.4. The second-order valence-electron chi connectivity index (χ2n) is 10.3. The number of methoxy groups -OCH3 is 2. The van der Waals surface area contributed by atoms with Crippen molar-refractivity contribution in [1.29, 1.82) is 0 Å². The second-order valence-corrected chi connectivity index (χ2v) is 10.3. The van der Waals surface area contributed by atoms with E-state index in [1.165, 1.54) is 94.6 Å². The lowest BCUT2D eigenvalue weighted by molar-refractivity contribution is 0.339. The zero-order chi connectivity index (χ0) is 24.2. The van der Waals surface area contributed by atoms with E-state index in [4.69, 9.17) is 9.47 Å². The van der Waals surface area contributed by atoms with Gasteiger partial charge in [-0.3, -0.25) is 0 Å². The number of rotatable bonds is 14. The van der Waals surface area contributed by atoms with Crippen LogP contribution in [0.15, 0.2) is 36.4 Å². The minimum absolute atomic E-state index is 0.108. The van der Waals surface area contributed by atoms with Crippen molar-refractivity contribution < 1.29 is 9.47 Å². The Morgan fingerprint density at radius 1 is 0.618 bits per heavy atom. The van der Waals surface area contributed by atoms with Crippen molar-refractivity contribution in [2.75, 3.05) is 14.2 Å². The van der Waals surface area contributed by atoms with Gasteiger partial charge in [-0.05, 0) is 85.0 Å². The molecule has 0 N–H and O–H groups in total. The number of aryl methyl sites for hydroxylation is 2. The minimum Gasteiger partial charge on any atom is -0.497 e. The molecule has 188 valence electrons. The molecule has 1 aliphatic rings. The van der Waals surface area contributed by atoms with Crippen molar-refractivity contribution in [3.05, 3.63) is 58.7 Å². The third kappa shape index (κ3) is 6.58. The second kappa shape index (κ2) is 13.8. The van der Waals surface area contributed by atoms with Crippen molar-refractivity contribution in [3.63, 3.8) is 0 Å². The van der Waals surface area contributed by atoms with E-state index < -0.39 is 0 Å². The van der Waals surface area contributed by atoms with Crippen LogP contribution in [-0.2, 0) is 18.3 Å². The number of unbranched alkanes of at least 4 members (excludes halogenated alkanes) is 6. The van der Waals surface area contributed by atoms with E-state index in [1.54, 1.807) is 25.3 Å². The highest BCUT2D eigenvalue weighted by Gasteiger charge is 2.38. The molecular weight excluding hydrogens is 416 g/mol. The first kappa shape index (κ1) is 26.6. The van der Waals surface area contributed by atoms with Gasteiger partial charge < -0.3 is 9.47 Å². The van der Waals surface area contributed by atoms with Gasteiger partial charge in [-0.1, -0.05) is 83.8 Å². The van der Waals surface area contributed by atoms with Crippen molar-refractivity contribution >= 4 is 0 Å². The van der Waals surface area contributed by atoms with E-state index in [1.807, 2.05) is 0 Å². The summed E-state index contributed by atoms with van der Waals surface area (Å²) in [6.07, 6.45) is 19.1. The summed E-state index contributed by atoms with van der Waals surface area (Å²) in [5.74, 6) is 1.99. The average Bonchev–Trinajstić information content (AvgIpc) is 2.89. The van der Waals surface area contributed by atoms with E-state index in [2.05, 4.69) is 50.2 Å². The maximum atomic E-state index is 5.68. The van der Waals surface area contributed by atoms with Crippen LogP contribution in [0.2, 0.25) is 0 Å². The molecule has 1 aliphatic carbocycles. The third-order valence-electron chi connectivity index (χ3n) is 7.96. The highest BCUT2D eigenvalue weighted by atomic mass is 16.5. The predicted molar refractivity (Wildman–Crippen MR) is 146 cm³/mol. The van der Waals surface area contributed by atoms with Gasteiger partial charge in [-0.15, -0.1) is 0 Å². The summed E-state index contributed by atoms with van der Waals surface area (Å²) >= 11 is 0. The van der Waals surface area contributed by atoms with Crippen LogP contribution >= 0.6 is 0 Å². The van der Waals surface area contributed by atoms with Gasteiger partial charge in [-0.25, -0.2) is 0 Å². The highest BCUT2D eigenvalue weighted by molar-refractivity contribution is 5.51. The topological polar surface area (TPSA) is 18.5 Å². The highest BCUT2D eigenvalue weighted by Crippen LogP contribution is 2.48. The number of hydrogen-bond donors (Lipinski definition) is 0. The Hall–Kier alpha value is -1.96. The van der Waals surface area contributed by atoms with Crippen LogP contribution in [0.1, 0.15) is 120 Å². The van der Waals surface area contributed by atoms with E-state index in [0.29, 0.717) is 0 Å². The molecule has 2 aromatic rings. The minimum atomic E-state index is 0.108. The first-order chi connectivity index (χ1) is 16.7. The first-order valence-electron chi connectivity index (χ1n) is 14.0. The molecule has 0 heterocycles. The van der Waals surface area contributed by atoms with Crippen LogP contribution in [0.5, 0.6) is 11.5 Å². The average molecular weight is 465 g/mol. The largest absolute Gasteiger partial charge is 0.497 e. The lowest BCUT2D eigenvalue weighted by Crippen LogP contribution is -2.33. The van der Waals surface area contributed by atoms with Crippen LogP contribution in [0.3, 0.4) is 0 Å². The lowest BCUT2D eigenvalue weighted by Gasteiger charge is -2.41. The molecule has 0 aliphatic heterocycles. The summed E-state index contributed by atoms with van der Waals surface area (Å²) in [5.41, 5.74) is 6.24. The monoisotopic (exact) mass is 464 g/mol. The maximum Gasteiger partial charge on any atom is 0.119 e. The van der Waals surface area contributed by atoms with Crippen LogP contribution < -0.4 is 9.47 Å². The summed E-state index contributed by atoms with van der Waals surface area (Å²) in [6.45, 7) is 4.58. The number of ether oxygens (including phenoxy) is 2. The van der Waals surface area contributed by atoms with Gasteiger partial charge in [0.05, 0.1) is 14.2 Å². The Morgan fingerprint density at radius 2 is 1.09 bits per heavy atom. The summed E-state index contributed by atoms with van der Waals surface area (Å²) in [4.78, 5) is 0. The summed E-state index contributed by atoms with van der Waals surface area (Å²) in [7, 11) is 3.59. The molecule has 0 atom stereocenters. The molecule has 2 aromatic carbocycles. The Bertz CT molecular complexity index is 798. The van der Waals surface area contributed by atoms with Crippen molar-refractivity contribution in [2.45, 2.75) is 116 Å². The summed E-state index contributed by atoms with van der Waals surface area (Å²) in [6, 6.07) is 13.9. The van der Waals surface area contributed by atoms with E-state index in [-0.39, 0.29) is 5.41 Å². The van der Waals surface area contributed by atoms with E-state index >= 15 is 0 Å². The third-order valence-corrected chi connectivity index (χ3v) is 7.96. The fourth-order valence-corrected chi connectivity index (χ4v) is 6.07. The SMILES string of the molecule is CCCCCCc1cc(OC)ccc1C1(c2ccc(OC)cc2CCCCCC)CCCCC1. The molecule has 0 unspecified atom stereocenters. The fraction of sp³-hybridized carbons (Fsp3) is 0.625. The fourth-order valence-electron chi connectivity index (χ4n) is 6.07. The van der Waals surface area contributed by atoms with Gasteiger partial charge in [0.2, 0.25) is 0 Å². The zero-order valence-corrected chi connectivity index (χ0v) is 22.4. The predicted octanol–water partition coefficient (Wildman–Crippen LogP) is 9.20. The van der Waals surface area contributed by atoms with Crippen molar-refractivity contribution in [2.24, 2.45) is 0 Å². The molecule has 1 fully saturated rings. The smallest absolute Gasteiger partial charge is 0.119 e. The molecule has 0 aromatic heterocycles. The van der Waals surface area contributed by atoms with Crippen LogP contribution in [0.25, 0.3) is 0 Å².